The zero-order valence-electron chi connectivity index (χ0n) is 12.2. The number of benzene rings is 1. The molecule has 5 nitrogen and oxygen atoms in total. The molecule has 3 rings (SSSR count). The average molecular weight is 351 g/mol. The van der Waals surface area contributed by atoms with Crippen molar-refractivity contribution >= 4 is 34.8 Å². The Morgan fingerprint density at radius 2 is 2.09 bits per heavy atom. The zero-order valence-corrected chi connectivity index (χ0v) is 13.8. The number of carbonyl (C=O) groups excluding carboxylic acids is 1. The summed E-state index contributed by atoms with van der Waals surface area (Å²) in [5, 5.41) is 12.5. The molecule has 1 aromatic carbocycles. The van der Waals surface area contributed by atoms with Crippen molar-refractivity contribution in [3.8, 4) is 10.6 Å². The molecule has 0 radical (unpaired) electrons. The number of likely N-dealkylation sites (tertiary alicyclic amines) is 1. The Hall–Kier alpha value is -1.92. The van der Waals surface area contributed by atoms with Gasteiger partial charge in [-0.2, -0.15) is 0 Å². The summed E-state index contributed by atoms with van der Waals surface area (Å²) in [4.78, 5) is 29.4. The zero-order chi connectivity index (χ0) is 16.4. The van der Waals surface area contributed by atoms with Gasteiger partial charge in [-0.15, -0.1) is 11.3 Å². The molecular formula is C16H15ClN2O3S. The second-order valence-corrected chi connectivity index (χ2v) is 6.71. The van der Waals surface area contributed by atoms with Crippen LogP contribution in [0.2, 0.25) is 5.02 Å². The van der Waals surface area contributed by atoms with Crippen molar-refractivity contribution in [1.29, 1.82) is 0 Å². The number of halogens is 1. The molecule has 2 aromatic rings. The molecule has 0 aliphatic carbocycles. The van der Waals surface area contributed by atoms with Crippen LogP contribution in [0.5, 0.6) is 0 Å². The van der Waals surface area contributed by atoms with Gasteiger partial charge >= 0.3 is 5.97 Å². The van der Waals surface area contributed by atoms with E-state index in [9.17, 15) is 9.59 Å². The molecule has 1 amide bonds. The van der Waals surface area contributed by atoms with Gasteiger partial charge in [0.1, 0.15) is 11.0 Å². The van der Waals surface area contributed by atoms with Crippen LogP contribution >= 0.6 is 22.9 Å². The monoisotopic (exact) mass is 350 g/mol. The van der Waals surface area contributed by atoms with E-state index in [0.717, 1.165) is 17.0 Å². The van der Waals surface area contributed by atoms with Crippen LogP contribution in [-0.2, 0) is 16.0 Å². The van der Waals surface area contributed by atoms with E-state index in [1.165, 1.54) is 16.2 Å². The third-order valence-electron chi connectivity index (χ3n) is 3.83. The lowest BCUT2D eigenvalue weighted by molar-refractivity contribution is -0.148. The van der Waals surface area contributed by atoms with E-state index in [1.54, 1.807) is 12.1 Å². The van der Waals surface area contributed by atoms with Crippen LogP contribution < -0.4 is 0 Å². The number of carbonyl (C=O) groups is 2. The summed E-state index contributed by atoms with van der Waals surface area (Å²) >= 11 is 7.33. The Kier molecular flexibility index (Phi) is 4.63. The summed E-state index contributed by atoms with van der Waals surface area (Å²) in [7, 11) is 0. The minimum atomic E-state index is -0.934. The highest BCUT2D eigenvalue weighted by Gasteiger charge is 2.33. The van der Waals surface area contributed by atoms with Crippen molar-refractivity contribution in [1.82, 2.24) is 9.88 Å². The molecule has 120 valence electrons. The second-order valence-electron chi connectivity index (χ2n) is 5.41. The van der Waals surface area contributed by atoms with Crippen molar-refractivity contribution in [3.63, 3.8) is 0 Å². The van der Waals surface area contributed by atoms with E-state index in [4.69, 9.17) is 16.7 Å². The van der Waals surface area contributed by atoms with Gasteiger partial charge in [0.05, 0.1) is 12.1 Å². The van der Waals surface area contributed by atoms with Gasteiger partial charge < -0.3 is 10.0 Å². The van der Waals surface area contributed by atoms with Gasteiger partial charge in [0.25, 0.3) is 0 Å². The van der Waals surface area contributed by atoms with E-state index in [1.807, 2.05) is 17.5 Å². The number of amides is 1. The fourth-order valence-electron chi connectivity index (χ4n) is 2.69. The molecule has 0 bridgehead atoms. The summed E-state index contributed by atoms with van der Waals surface area (Å²) in [5.41, 5.74) is 1.61. The number of aromatic nitrogens is 1. The Morgan fingerprint density at radius 1 is 1.35 bits per heavy atom. The van der Waals surface area contributed by atoms with Gasteiger partial charge in [-0.1, -0.05) is 23.7 Å². The lowest BCUT2D eigenvalue weighted by Gasteiger charge is -2.20. The van der Waals surface area contributed by atoms with Gasteiger partial charge in [0, 0.05) is 22.5 Å². The predicted molar refractivity (Wildman–Crippen MR) is 88.6 cm³/mol. The standard InChI is InChI=1S/C16H15ClN2O3S/c17-11-5-3-10(4-6-11)15-18-12(9-23-15)8-14(20)19-7-1-2-13(19)16(21)22/h3-6,9,13H,1-2,7-8H2,(H,21,22). The van der Waals surface area contributed by atoms with E-state index in [2.05, 4.69) is 4.98 Å². The first-order chi connectivity index (χ1) is 11.0. The van der Waals surface area contributed by atoms with Crippen molar-refractivity contribution in [2.24, 2.45) is 0 Å². The Labute approximate surface area is 142 Å². The number of rotatable bonds is 4. The molecule has 1 saturated heterocycles. The smallest absolute Gasteiger partial charge is 0.326 e. The average Bonchev–Trinajstić information content (AvgIpc) is 3.16. The molecule has 1 N–H and O–H groups in total. The van der Waals surface area contributed by atoms with Gasteiger partial charge in [-0.05, 0) is 25.0 Å². The molecule has 1 unspecified atom stereocenters. The molecule has 1 aliphatic heterocycles. The maximum absolute atomic E-state index is 12.3. The quantitative estimate of drug-likeness (QED) is 0.919. The Bertz CT molecular complexity index is 729. The SMILES string of the molecule is O=C(O)C1CCCN1C(=O)Cc1csc(-c2ccc(Cl)cc2)n1. The van der Waals surface area contributed by atoms with E-state index >= 15 is 0 Å². The van der Waals surface area contributed by atoms with Crippen LogP contribution in [0.25, 0.3) is 10.6 Å². The first-order valence-electron chi connectivity index (χ1n) is 7.27. The fourth-order valence-corrected chi connectivity index (χ4v) is 3.64. The highest BCUT2D eigenvalue weighted by molar-refractivity contribution is 7.13. The number of nitrogens with zero attached hydrogens (tertiary/aromatic N) is 2. The highest BCUT2D eigenvalue weighted by Crippen LogP contribution is 2.26. The molecule has 0 spiro atoms. The lowest BCUT2D eigenvalue weighted by atomic mass is 10.2. The minimum absolute atomic E-state index is 0.133. The van der Waals surface area contributed by atoms with Crippen LogP contribution in [0, 0.1) is 0 Å². The second kappa shape index (κ2) is 6.68. The summed E-state index contributed by atoms with van der Waals surface area (Å²) in [5.74, 6) is -1.11. The maximum Gasteiger partial charge on any atom is 0.326 e. The van der Waals surface area contributed by atoms with Crippen LogP contribution in [0.1, 0.15) is 18.5 Å². The Balaban J connectivity index is 1.70. The van der Waals surface area contributed by atoms with Crippen molar-refractivity contribution in [3.05, 3.63) is 40.4 Å². The van der Waals surface area contributed by atoms with E-state index < -0.39 is 12.0 Å². The lowest BCUT2D eigenvalue weighted by Crippen LogP contribution is -2.41. The van der Waals surface area contributed by atoms with Crippen molar-refractivity contribution < 1.29 is 14.7 Å². The van der Waals surface area contributed by atoms with E-state index in [0.29, 0.717) is 23.7 Å². The number of aliphatic carboxylic acids is 1. The van der Waals surface area contributed by atoms with Crippen LogP contribution in [0.4, 0.5) is 0 Å². The van der Waals surface area contributed by atoms with Gasteiger partial charge in [0.2, 0.25) is 5.91 Å². The number of thiazole rings is 1. The first-order valence-corrected chi connectivity index (χ1v) is 8.53. The van der Waals surface area contributed by atoms with Gasteiger partial charge in [-0.3, -0.25) is 4.79 Å². The van der Waals surface area contributed by atoms with Crippen LogP contribution in [0.3, 0.4) is 0 Å². The number of carboxylic acid groups (broad SMARTS) is 1. The number of hydrogen-bond acceptors (Lipinski definition) is 4. The molecule has 2 heterocycles. The molecule has 1 aromatic heterocycles. The summed E-state index contributed by atoms with van der Waals surface area (Å²) in [6, 6.07) is 6.66. The third kappa shape index (κ3) is 3.54. The molecule has 23 heavy (non-hydrogen) atoms. The molecule has 1 fully saturated rings. The fraction of sp³-hybridized carbons (Fsp3) is 0.312. The number of hydrogen-bond donors (Lipinski definition) is 1. The molecular weight excluding hydrogens is 336 g/mol. The summed E-state index contributed by atoms with van der Waals surface area (Å²) in [6.45, 7) is 0.504. The van der Waals surface area contributed by atoms with Crippen LogP contribution in [0.15, 0.2) is 29.6 Å². The largest absolute Gasteiger partial charge is 0.480 e. The van der Waals surface area contributed by atoms with Crippen LogP contribution in [-0.4, -0.2) is 39.5 Å². The van der Waals surface area contributed by atoms with E-state index in [-0.39, 0.29) is 12.3 Å². The molecule has 7 heteroatoms. The van der Waals surface area contributed by atoms with Gasteiger partial charge in [-0.25, -0.2) is 9.78 Å². The normalized spacial score (nSPS) is 17.4. The minimum Gasteiger partial charge on any atom is -0.480 e. The third-order valence-corrected chi connectivity index (χ3v) is 5.03. The number of carboxylic acids is 1. The topological polar surface area (TPSA) is 70.5 Å². The molecule has 1 atom stereocenters. The van der Waals surface area contributed by atoms with Crippen molar-refractivity contribution in [2.75, 3.05) is 6.54 Å². The maximum atomic E-state index is 12.3. The van der Waals surface area contributed by atoms with Crippen molar-refractivity contribution in [2.45, 2.75) is 25.3 Å². The molecule has 1 aliphatic rings. The Morgan fingerprint density at radius 3 is 2.78 bits per heavy atom. The highest BCUT2D eigenvalue weighted by atomic mass is 35.5. The summed E-state index contributed by atoms with van der Waals surface area (Å²) < 4.78 is 0. The first kappa shape index (κ1) is 16.0. The summed E-state index contributed by atoms with van der Waals surface area (Å²) in [6.07, 6.45) is 1.39. The predicted octanol–water partition coefficient (Wildman–Crippen LogP) is 3.08. The molecule has 0 saturated carbocycles. The van der Waals surface area contributed by atoms with Gasteiger partial charge in [0.15, 0.2) is 0 Å².